The molecule has 0 radical (unpaired) electrons. The molecule has 5 nitrogen and oxygen atoms in total. The van der Waals surface area contributed by atoms with Gasteiger partial charge in [-0.3, -0.25) is 0 Å². The second-order valence-corrected chi connectivity index (χ2v) is 10.9. The molecule has 33 heavy (non-hydrogen) atoms. The first-order valence-corrected chi connectivity index (χ1v) is 12.6. The lowest BCUT2D eigenvalue weighted by Gasteiger charge is -2.18. The molecule has 0 saturated heterocycles. The minimum atomic E-state index is -3.33. The lowest BCUT2D eigenvalue weighted by Crippen LogP contribution is -2.28. The summed E-state index contributed by atoms with van der Waals surface area (Å²) in [6.45, 7) is 3.16. The Morgan fingerprint density at radius 1 is 0.970 bits per heavy atom. The fourth-order valence-corrected chi connectivity index (χ4v) is 4.10. The highest BCUT2D eigenvalue weighted by atomic mass is 35.5. The van der Waals surface area contributed by atoms with Gasteiger partial charge < -0.3 is 10.8 Å². The molecule has 0 bridgehead atoms. The summed E-state index contributed by atoms with van der Waals surface area (Å²) in [5.74, 6) is 0. The van der Waals surface area contributed by atoms with Crippen molar-refractivity contribution >= 4 is 44.4 Å². The Morgan fingerprint density at radius 3 is 2.24 bits per heavy atom. The third kappa shape index (κ3) is 6.24. The summed E-state index contributed by atoms with van der Waals surface area (Å²) in [5, 5.41) is 11.1. The Hall–Kier alpha value is -2.64. The van der Waals surface area contributed by atoms with Crippen LogP contribution >= 0.6 is 23.2 Å². The molecule has 0 aromatic heterocycles. The predicted molar refractivity (Wildman–Crippen MR) is 136 cm³/mol. The zero-order valence-electron chi connectivity index (χ0n) is 18.4. The molecule has 3 aromatic carbocycles. The first kappa shape index (κ1) is 25.0. The summed E-state index contributed by atoms with van der Waals surface area (Å²) in [5.41, 5.74) is 8.05. The van der Waals surface area contributed by atoms with Gasteiger partial charge in [-0.15, -0.1) is 0 Å². The van der Waals surface area contributed by atoms with Crippen molar-refractivity contribution in [2.75, 3.05) is 6.26 Å². The van der Waals surface area contributed by atoms with Crippen molar-refractivity contribution in [3.63, 3.8) is 0 Å². The maximum atomic E-state index is 11.9. The Morgan fingerprint density at radius 2 is 1.64 bits per heavy atom. The Balaban J connectivity index is 2.10. The van der Waals surface area contributed by atoms with Gasteiger partial charge >= 0.3 is 0 Å². The molecule has 0 aliphatic heterocycles. The van der Waals surface area contributed by atoms with Crippen LogP contribution in [0.4, 0.5) is 5.69 Å². The van der Waals surface area contributed by atoms with E-state index in [1.807, 2.05) is 12.1 Å². The number of sulfone groups is 1. The van der Waals surface area contributed by atoms with Crippen molar-refractivity contribution in [1.29, 1.82) is 0 Å². The highest BCUT2D eigenvalue weighted by Crippen LogP contribution is 2.33. The van der Waals surface area contributed by atoms with E-state index in [4.69, 9.17) is 28.9 Å². The monoisotopic (exact) mass is 502 g/mol. The fourth-order valence-electron chi connectivity index (χ4n) is 2.98. The largest absolute Gasteiger partial charge is 0.400 e. The molecule has 8 heteroatoms. The van der Waals surface area contributed by atoms with Crippen LogP contribution in [0.3, 0.4) is 0 Å². The number of rotatable bonds is 6. The summed E-state index contributed by atoms with van der Waals surface area (Å²) in [4.78, 5) is 4.90. The number of hydrogen-bond acceptors (Lipinski definition) is 5. The van der Waals surface area contributed by atoms with Gasteiger partial charge in [-0.05, 0) is 61.4 Å². The molecule has 0 amide bonds. The van der Waals surface area contributed by atoms with E-state index in [2.05, 4.69) is 4.99 Å². The molecule has 0 atom stereocenters. The van der Waals surface area contributed by atoms with E-state index in [-0.39, 0.29) is 10.6 Å². The molecule has 0 spiro atoms. The van der Waals surface area contributed by atoms with Gasteiger partial charge in [0.25, 0.3) is 0 Å². The van der Waals surface area contributed by atoms with Gasteiger partial charge in [0.1, 0.15) is 0 Å². The minimum absolute atomic E-state index is 0.214. The van der Waals surface area contributed by atoms with E-state index < -0.39 is 15.4 Å². The molecule has 3 rings (SSSR count). The van der Waals surface area contributed by atoms with Crippen molar-refractivity contribution in [3.05, 3.63) is 94.1 Å². The van der Waals surface area contributed by atoms with Crippen LogP contribution in [-0.2, 0) is 9.84 Å². The maximum Gasteiger partial charge on any atom is 0.175 e. The molecule has 3 aromatic rings. The minimum Gasteiger partial charge on any atom is -0.400 e. The third-order valence-electron chi connectivity index (χ3n) is 4.93. The number of hydrogen-bond donors (Lipinski definition) is 2. The Kier molecular flexibility index (Phi) is 7.34. The lowest BCUT2D eigenvalue weighted by atomic mass is 10.0. The molecule has 0 fully saturated rings. The van der Waals surface area contributed by atoms with E-state index >= 15 is 0 Å². The van der Waals surface area contributed by atoms with Gasteiger partial charge in [0.2, 0.25) is 0 Å². The first-order chi connectivity index (χ1) is 15.4. The average molecular weight is 503 g/mol. The van der Waals surface area contributed by atoms with Crippen LogP contribution in [0.5, 0.6) is 0 Å². The number of aliphatic imine (C=N–C) groups is 1. The summed E-state index contributed by atoms with van der Waals surface area (Å²) in [7, 11) is -3.33. The highest BCUT2D eigenvalue weighted by molar-refractivity contribution is 7.90. The summed E-state index contributed by atoms with van der Waals surface area (Å²) < 4.78 is 23.8. The number of aliphatic hydroxyl groups is 1. The van der Waals surface area contributed by atoms with Gasteiger partial charge in [0.15, 0.2) is 9.84 Å². The van der Waals surface area contributed by atoms with Gasteiger partial charge in [-0.25, -0.2) is 13.4 Å². The van der Waals surface area contributed by atoms with E-state index in [0.717, 1.165) is 5.56 Å². The number of halogens is 2. The van der Waals surface area contributed by atoms with Crippen LogP contribution in [-0.4, -0.2) is 31.1 Å². The molecular formula is C25H24Cl2N2O3S. The van der Waals surface area contributed by atoms with Crippen LogP contribution in [0, 0.1) is 0 Å². The van der Waals surface area contributed by atoms with Crippen LogP contribution in [0.15, 0.2) is 88.4 Å². The van der Waals surface area contributed by atoms with E-state index in [1.54, 1.807) is 74.5 Å². The summed E-state index contributed by atoms with van der Waals surface area (Å²) in [6.07, 6.45) is 2.74. The molecule has 172 valence electrons. The number of benzene rings is 3. The number of nitrogens with two attached hydrogens (primary N) is 1. The molecule has 0 heterocycles. The molecule has 0 saturated carbocycles. The lowest BCUT2D eigenvalue weighted by molar-refractivity contribution is 0.118. The normalized spacial score (nSPS) is 13.3. The Bertz CT molecular complexity index is 1360. The van der Waals surface area contributed by atoms with Crippen molar-refractivity contribution in [3.8, 4) is 11.1 Å². The van der Waals surface area contributed by atoms with Crippen molar-refractivity contribution in [1.82, 2.24) is 0 Å². The highest BCUT2D eigenvalue weighted by Gasteiger charge is 2.18. The topological polar surface area (TPSA) is 92.8 Å². The zero-order chi connectivity index (χ0) is 24.4. The van der Waals surface area contributed by atoms with Crippen molar-refractivity contribution < 1.29 is 13.5 Å². The molecular weight excluding hydrogens is 479 g/mol. The summed E-state index contributed by atoms with van der Waals surface area (Å²) in [6, 6.07) is 19.1. The van der Waals surface area contributed by atoms with Crippen LogP contribution < -0.4 is 5.73 Å². The van der Waals surface area contributed by atoms with Crippen LogP contribution in [0.25, 0.3) is 11.1 Å². The Labute approximate surface area is 204 Å². The average Bonchev–Trinajstić information content (AvgIpc) is 2.73. The molecule has 0 aliphatic rings. The van der Waals surface area contributed by atoms with Gasteiger partial charge in [-0.2, -0.15) is 0 Å². The SMILES string of the molecule is CC(C)(O)/C(N)=C/C(=Nc1ccc(-c2cccc(S(C)(=O)=O)c2)cc1Cl)c1ccccc1Cl. The second kappa shape index (κ2) is 9.69. The van der Waals surface area contributed by atoms with Gasteiger partial charge in [-0.1, -0.05) is 59.6 Å². The number of allylic oxidation sites excluding steroid dienone is 1. The number of nitrogens with zero attached hydrogens (tertiary/aromatic N) is 1. The van der Waals surface area contributed by atoms with Crippen LogP contribution in [0.2, 0.25) is 10.0 Å². The summed E-state index contributed by atoms with van der Waals surface area (Å²) >= 11 is 12.9. The van der Waals surface area contributed by atoms with Gasteiger partial charge in [0.05, 0.1) is 26.9 Å². The first-order valence-electron chi connectivity index (χ1n) is 10.00. The third-order valence-corrected chi connectivity index (χ3v) is 6.68. The standard InChI is InChI=1S/C25H24Cl2N2O3S/c1-25(2,30)24(28)15-23(19-9-4-5-10-20(19)26)29-22-12-11-17(14-21(22)27)16-7-6-8-18(13-16)33(3,31)32/h4-15,30H,28H2,1-3H3/b24-15-,29-23?. The van der Waals surface area contributed by atoms with E-state index in [9.17, 15) is 13.5 Å². The van der Waals surface area contributed by atoms with Crippen molar-refractivity contribution in [2.24, 2.45) is 10.7 Å². The van der Waals surface area contributed by atoms with Crippen LogP contribution in [0.1, 0.15) is 19.4 Å². The molecule has 0 unspecified atom stereocenters. The van der Waals surface area contributed by atoms with Crippen molar-refractivity contribution in [2.45, 2.75) is 24.3 Å². The fraction of sp³-hybridized carbons (Fsp3) is 0.160. The zero-order valence-corrected chi connectivity index (χ0v) is 20.7. The quantitative estimate of drug-likeness (QED) is 0.416. The maximum absolute atomic E-state index is 11.9. The smallest absolute Gasteiger partial charge is 0.175 e. The molecule has 3 N–H and O–H groups in total. The van der Waals surface area contributed by atoms with E-state index in [0.29, 0.717) is 32.6 Å². The molecule has 0 aliphatic carbocycles. The predicted octanol–water partition coefficient (Wildman–Crippen LogP) is 5.80. The van der Waals surface area contributed by atoms with E-state index in [1.165, 1.54) is 6.26 Å². The van der Waals surface area contributed by atoms with Gasteiger partial charge in [0, 0.05) is 22.5 Å². The second-order valence-electron chi connectivity index (χ2n) is 8.10.